The Morgan fingerprint density at radius 1 is 1.10 bits per heavy atom. The van der Waals surface area contributed by atoms with Gasteiger partial charge in [0.1, 0.15) is 0 Å². The highest BCUT2D eigenvalue weighted by Crippen LogP contribution is 2.16. The zero-order valence-corrected chi connectivity index (χ0v) is 14.0. The molecule has 0 N–H and O–H groups in total. The van der Waals surface area contributed by atoms with Gasteiger partial charge in [-0.05, 0) is 39.8 Å². The van der Waals surface area contributed by atoms with Gasteiger partial charge in [0.15, 0.2) is 5.78 Å². The van der Waals surface area contributed by atoms with Crippen LogP contribution in [-0.4, -0.2) is 59.4 Å². The van der Waals surface area contributed by atoms with Gasteiger partial charge >= 0.3 is 0 Å². The lowest BCUT2D eigenvalue weighted by molar-refractivity contribution is 0.0852. The third-order valence-electron chi connectivity index (χ3n) is 4.56. The maximum absolute atomic E-state index is 12.6. The van der Waals surface area contributed by atoms with Crippen molar-refractivity contribution in [2.75, 3.05) is 39.3 Å². The molecule has 1 aliphatic heterocycles. The number of carbonyl (C=O) groups is 1. The molecule has 21 heavy (non-hydrogen) atoms. The number of piperazine rings is 1. The van der Waals surface area contributed by atoms with Gasteiger partial charge in [0.2, 0.25) is 0 Å². The molecule has 1 aliphatic rings. The topological polar surface area (TPSA) is 28.5 Å². The second-order valence-corrected chi connectivity index (χ2v) is 6.07. The summed E-state index contributed by atoms with van der Waals surface area (Å²) in [6.07, 6.45) is 1.21. The van der Waals surface area contributed by atoms with Crippen LogP contribution in [0.4, 0.5) is 0 Å². The summed E-state index contributed by atoms with van der Waals surface area (Å²) in [6.45, 7) is 15.4. The molecule has 1 aromatic heterocycles. The van der Waals surface area contributed by atoms with Crippen LogP contribution in [0.2, 0.25) is 0 Å². The summed E-state index contributed by atoms with van der Waals surface area (Å²) in [5.41, 5.74) is 3.21. The second-order valence-electron chi connectivity index (χ2n) is 6.07. The summed E-state index contributed by atoms with van der Waals surface area (Å²) in [6, 6.07) is 2.05. The van der Waals surface area contributed by atoms with Crippen LogP contribution in [0, 0.1) is 13.8 Å². The molecule has 1 fully saturated rings. The molecule has 1 aromatic rings. The number of hydrogen-bond acceptors (Lipinski definition) is 3. The highest BCUT2D eigenvalue weighted by Gasteiger charge is 2.21. The Morgan fingerprint density at radius 2 is 1.71 bits per heavy atom. The number of carbonyl (C=O) groups excluding carboxylic acids is 1. The molecule has 118 valence electrons. The van der Waals surface area contributed by atoms with Crippen LogP contribution in [0.5, 0.6) is 0 Å². The highest BCUT2D eigenvalue weighted by atomic mass is 16.1. The van der Waals surface area contributed by atoms with Crippen LogP contribution in [0.1, 0.15) is 42.0 Å². The quantitative estimate of drug-likeness (QED) is 0.753. The Hall–Kier alpha value is -1.13. The van der Waals surface area contributed by atoms with Gasteiger partial charge in [0.25, 0.3) is 0 Å². The van der Waals surface area contributed by atoms with E-state index < -0.39 is 0 Å². The number of hydrogen-bond donors (Lipinski definition) is 0. The third-order valence-corrected chi connectivity index (χ3v) is 4.56. The van der Waals surface area contributed by atoms with Crippen molar-refractivity contribution in [2.24, 2.45) is 0 Å². The summed E-state index contributed by atoms with van der Waals surface area (Å²) >= 11 is 0. The van der Waals surface area contributed by atoms with Crippen molar-refractivity contribution in [1.29, 1.82) is 0 Å². The first-order valence-corrected chi connectivity index (χ1v) is 8.21. The SMILES string of the molecule is CCCN1CCN(CC(=O)c2cc(C)n(CC)c2C)CC1. The number of aryl methyl sites for hydroxylation is 1. The van der Waals surface area contributed by atoms with Gasteiger partial charge < -0.3 is 9.47 Å². The van der Waals surface area contributed by atoms with E-state index in [-0.39, 0.29) is 5.78 Å². The van der Waals surface area contributed by atoms with E-state index in [1.54, 1.807) is 0 Å². The molecule has 0 aromatic carbocycles. The molecule has 2 heterocycles. The fraction of sp³-hybridized carbons (Fsp3) is 0.706. The summed E-state index contributed by atoms with van der Waals surface area (Å²) in [5.74, 6) is 0.270. The van der Waals surface area contributed by atoms with Crippen LogP contribution in [0.25, 0.3) is 0 Å². The van der Waals surface area contributed by atoms with Crippen molar-refractivity contribution in [3.8, 4) is 0 Å². The third kappa shape index (κ3) is 3.74. The van der Waals surface area contributed by atoms with Gasteiger partial charge in [0, 0.05) is 49.7 Å². The van der Waals surface area contributed by atoms with Crippen molar-refractivity contribution in [2.45, 2.75) is 40.7 Å². The maximum Gasteiger partial charge on any atom is 0.178 e. The second kappa shape index (κ2) is 7.23. The highest BCUT2D eigenvalue weighted by molar-refractivity contribution is 5.99. The van der Waals surface area contributed by atoms with Crippen molar-refractivity contribution >= 4 is 5.78 Å². The standard InChI is InChI=1S/C17H29N3O/c1-5-7-18-8-10-19(11-9-18)13-17(21)16-12-14(3)20(6-2)15(16)4/h12H,5-11,13H2,1-4H3. The molecule has 0 atom stereocenters. The minimum atomic E-state index is 0.270. The fourth-order valence-electron chi connectivity index (χ4n) is 3.35. The van der Waals surface area contributed by atoms with Gasteiger partial charge in [-0.3, -0.25) is 9.69 Å². The van der Waals surface area contributed by atoms with E-state index >= 15 is 0 Å². The average Bonchev–Trinajstić information content (AvgIpc) is 2.76. The lowest BCUT2D eigenvalue weighted by Crippen LogP contribution is -2.48. The summed E-state index contributed by atoms with van der Waals surface area (Å²) in [7, 11) is 0. The Labute approximate surface area is 128 Å². The predicted octanol–water partition coefficient (Wildman–Crippen LogP) is 2.34. The molecule has 4 heteroatoms. The Kier molecular flexibility index (Phi) is 5.59. The molecule has 0 bridgehead atoms. The maximum atomic E-state index is 12.6. The monoisotopic (exact) mass is 291 g/mol. The Bertz CT molecular complexity index is 484. The number of Topliss-reactive ketones (excluding diaryl/α,β-unsaturated/α-hetero) is 1. The number of aromatic nitrogens is 1. The molecule has 0 radical (unpaired) electrons. The number of nitrogens with zero attached hydrogens (tertiary/aromatic N) is 3. The zero-order valence-electron chi connectivity index (χ0n) is 14.0. The lowest BCUT2D eigenvalue weighted by atomic mass is 10.1. The van der Waals surface area contributed by atoms with Crippen molar-refractivity contribution < 1.29 is 4.79 Å². The molecular formula is C17H29N3O. The molecule has 2 rings (SSSR count). The molecule has 0 amide bonds. The Balaban J connectivity index is 1.94. The molecule has 0 unspecified atom stereocenters. The van der Waals surface area contributed by atoms with Crippen LogP contribution in [0.15, 0.2) is 6.07 Å². The minimum Gasteiger partial charge on any atom is -0.349 e. The summed E-state index contributed by atoms with van der Waals surface area (Å²) in [4.78, 5) is 17.3. The van der Waals surface area contributed by atoms with E-state index in [0.717, 1.165) is 44.0 Å². The van der Waals surface area contributed by atoms with Gasteiger partial charge in [-0.2, -0.15) is 0 Å². The van der Waals surface area contributed by atoms with Gasteiger partial charge in [0.05, 0.1) is 6.54 Å². The van der Waals surface area contributed by atoms with Gasteiger partial charge in [-0.15, -0.1) is 0 Å². The first kappa shape index (κ1) is 16.2. The van der Waals surface area contributed by atoms with Crippen LogP contribution in [0.3, 0.4) is 0 Å². The van der Waals surface area contributed by atoms with E-state index in [2.05, 4.69) is 48.1 Å². The van der Waals surface area contributed by atoms with Crippen LogP contribution < -0.4 is 0 Å². The first-order valence-electron chi connectivity index (χ1n) is 8.21. The normalized spacial score (nSPS) is 17.3. The zero-order chi connectivity index (χ0) is 15.4. The van der Waals surface area contributed by atoms with Gasteiger partial charge in [-0.1, -0.05) is 6.92 Å². The Morgan fingerprint density at radius 3 is 2.24 bits per heavy atom. The molecule has 0 saturated carbocycles. The van der Waals surface area contributed by atoms with Gasteiger partial charge in [-0.25, -0.2) is 0 Å². The van der Waals surface area contributed by atoms with E-state index in [9.17, 15) is 4.79 Å². The smallest absolute Gasteiger partial charge is 0.178 e. The van der Waals surface area contributed by atoms with Crippen LogP contribution in [-0.2, 0) is 6.54 Å². The van der Waals surface area contributed by atoms with Crippen molar-refractivity contribution in [1.82, 2.24) is 14.4 Å². The largest absolute Gasteiger partial charge is 0.349 e. The van der Waals surface area contributed by atoms with Crippen molar-refractivity contribution in [3.05, 3.63) is 23.0 Å². The lowest BCUT2D eigenvalue weighted by Gasteiger charge is -2.34. The molecule has 4 nitrogen and oxygen atoms in total. The number of ketones is 1. The van der Waals surface area contributed by atoms with E-state index in [0.29, 0.717) is 6.54 Å². The van der Waals surface area contributed by atoms with E-state index in [1.807, 2.05) is 0 Å². The molecular weight excluding hydrogens is 262 g/mol. The average molecular weight is 291 g/mol. The number of rotatable bonds is 6. The van der Waals surface area contributed by atoms with Crippen molar-refractivity contribution in [3.63, 3.8) is 0 Å². The summed E-state index contributed by atoms with van der Waals surface area (Å²) < 4.78 is 2.21. The molecule has 0 aliphatic carbocycles. The fourth-order valence-corrected chi connectivity index (χ4v) is 3.35. The molecule has 1 saturated heterocycles. The molecule has 0 spiro atoms. The summed E-state index contributed by atoms with van der Waals surface area (Å²) in [5, 5.41) is 0. The predicted molar refractivity (Wildman–Crippen MR) is 87.1 cm³/mol. The first-order chi connectivity index (χ1) is 10.1. The minimum absolute atomic E-state index is 0.270. The van der Waals surface area contributed by atoms with E-state index in [4.69, 9.17) is 0 Å². The van der Waals surface area contributed by atoms with Crippen LogP contribution >= 0.6 is 0 Å². The van der Waals surface area contributed by atoms with E-state index in [1.165, 1.54) is 18.7 Å².